The second kappa shape index (κ2) is 6.22. The van der Waals surface area contributed by atoms with Crippen LogP contribution in [-0.2, 0) is 4.74 Å². The Balaban J connectivity index is 2.03. The highest BCUT2D eigenvalue weighted by Crippen LogP contribution is 2.25. The first kappa shape index (κ1) is 12.7. The van der Waals surface area contributed by atoms with Gasteiger partial charge in [-0.15, -0.1) is 11.8 Å². The molecule has 1 aliphatic heterocycles. The highest BCUT2D eigenvalue weighted by Gasteiger charge is 2.19. The second-order valence-corrected chi connectivity index (χ2v) is 5.23. The molecule has 0 unspecified atom stereocenters. The van der Waals surface area contributed by atoms with E-state index in [-0.39, 0.29) is 5.78 Å². The number of thioether (sulfide) groups is 1. The van der Waals surface area contributed by atoms with Crippen molar-refractivity contribution in [2.24, 2.45) is 5.92 Å². The fraction of sp³-hybridized carbons (Fsp3) is 0.500. The third-order valence-corrected chi connectivity index (χ3v) is 4.02. The Labute approximate surface area is 107 Å². The van der Waals surface area contributed by atoms with Crippen molar-refractivity contribution in [2.75, 3.05) is 19.5 Å². The maximum Gasteiger partial charge on any atom is 0.164 e. The number of ether oxygens (including phenoxy) is 1. The molecule has 0 saturated carbocycles. The lowest BCUT2D eigenvalue weighted by molar-refractivity contribution is 0.0600. The summed E-state index contributed by atoms with van der Waals surface area (Å²) in [5.74, 6) is 0.785. The molecule has 3 heteroatoms. The number of carbonyl (C=O) groups is 1. The van der Waals surface area contributed by atoms with Crippen LogP contribution < -0.4 is 0 Å². The molecule has 0 atom stereocenters. The van der Waals surface area contributed by atoms with E-state index >= 15 is 0 Å². The molecule has 1 saturated heterocycles. The first-order chi connectivity index (χ1) is 8.31. The SMILES string of the molecule is CSc1ccccc1C(=O)CC1CCOCC1. The van der Waals surface area contributed by atoms with Gasteiger partial charge in [0.05, 0.1) is 0 Å². The first-order valence-electron chi connectivity index (χ1n) is 6.05. The molecule has 0 radical (unpaired) electrons. The maximum absolute atomic E-state index is 12.2. The van der Waals surface area contributed by atoms with Crippen LogP contribution in [0.15, 0.2) is 29.2 Å². The number of ketones is 1. The Morgan fingerprint density at radius 1 is 1.35 bits per heavy atom. The Bertz CT molecular complexity index is 384. The van der Waals surface area contributed by atoms with Crippen LogP contribution in [0, 0.1) is 5.92 Å². The van der Waals surface area contributed by atoms with Crippen molar-refractivity contribution in [2.45, 2.75) is 24.2 Å². The van der Waals surface area contributed by atoms with Gasteiger partial charge in [0, 0.05) is 30.1 Å². The Kier molecular flexibility index (Phi) is 4.63. The van der Waals surface area contributed by atoms with Crippen molar-refractivity contribution in [3.05, 3.63) is 29.8 Å². The van der Waals surface area contributed by atoms with Crippen LogP contribution in [-0.4, -0.2) is 25.3 Å². The van der Waals surface area contributed by atoms with Crippen molar-refractivity contribution < 1.29 is 9.53 Å². The summed E-state index contributed by atoms with van der Waals surface area (Å²) < 4.78 is 5.32. The van der Waals surface area contributed by atoms with E-state index in [0.29, 0.717) is 12.3 Å². The minimum Gasteiger partial charge on any atom is -0.381 e. The summed E-state index contributed by atoms with van der Waals surface area (Å²) in [6.45, 7) is 1.62. The molecule has 1 aromatic carbocycles. The zero-order chi connectivity index (χ0) is 12.1. The van der Waals surface area contributed by atoms with Gasteiger partial charge in [-0.1, -0.05) is 18.2 Å². The highest BCUT2D eigenvalue weighted by molar-refractivity contribution is 7.98. The van der Waals surface area contributed by atoms with Gasteiger partial charge in [-0.3, -0.25) is 4.79 Å². The molecule has 0 bridgehead atoms. The average molecular weight is 250 g/mol. The van der Waals surface area contributed by atoms with Crippen LogP contribution in [0.4, 0.5) is 0 Å². The minimum atomic E-state index is 0.279. The van der Waals surface area contributed by atoms with Gasteiger partial charge in [-0.25, -0.2) is 0 Å². The molecule has 0 amide bonds. The van der Waals surface area contributed by atoms with Crippen molar-refractivity contribution in [1.82, 2.24) is 0 Å². The molecule has 2 nitrogen and oxygen atoms in total. The van der Waals surface area contributed by atoms with E-state index < -0.39 is 0 Å². The van der Waals surface area contributed by atoms with Gasteiger partial charge in [0.15, 0.2) is 5.78 Å². The quantitative estimate of drug-likeness (QED) is 0.605. The fourth-order valence-electron chi connectivity index (χ4n) is 2.20. The van der Waals surface area contributed by atoms with E-state index in [1.54, 1.807) is 11.8 Å². The lowest BCUT2D eigenvalue weighted by Crippen LogP contribution is -2.19. The summed E-state index contributed by atoms with van der Waals surface area (Å²) in [4.78, 5) is 13.3. The Morgan fingerprint density at radius 3 is 2.76 bits per heavy atom. The van der Waals surface area contributed by atoms with E-state index in [9.17, 15) is 4.79 Å². The number of hydrogen-bond acceptors (Lipinski definition) is 3. The van der Waals surface area contributed by atoms with Crippen LogP contribution in [0.25, 0.3) is 0 Å². The van der Waals surface area contributed by atoms with E-state index in [1.807, 2.05) is 30.5 Å². The minimum absolute atomic E-state index is 0.279. The lowest BCUT2D eigenvalue weighted by Gasteiger charge is -2.21. The summed E-state index contributed by atoms with van der Waals surface area (Å²) >= 11 is 1.64. The summed E-state index contributed by atoms with van der Waals surface area (Å²) in [5, 5.41) is 0. The normalized spacial score (nSPS) is 17.0. The van der Waals surface area contributed by atoms with Crippen LogP contribution in [0.3, 0.4) is 0 Å². The standard InChI is InChI=1S/C14H18O2S/c1-17-14-5-3-2-4-12(14)13(15)10-11-6-8-16-9-7-11/h2-5,11H,6-10H2,1H3. The molecular formula is C14H18O2S. The van der Waals surface area contributed by atoms with E-state index in [2.05, 4.69) is 0 Å². The number of rotatable bonds is 4. The zero-order valence-electron chi connectivity index (χ0n) is 10.1. The summed E-state index contributed by atoms with van der Waals surface area (Å²) in [5.41, 5.74) is 0.881. The van der Waals surface area contributed by atoms with Gasteiger partial charge in [-0.2, -0.15) is 0 Å². The van der Waals surface area contributed by atoms with Gasteiger partial charge in [-0.05, 0) is 31.1 Å². The summed E-state index contributed by atoms with van der Waals surface area (Å²) in [7, 11) is 0. The van der Waals surface area contributed by atoms with Gasteiger partial charge < -0.3 is 4.74 Å². The van der Waals surface area contributed by atoms with Crippen molar-refractivity contribution >= 4 is 17.5 Å². The number of carbonyl (C=O) groups excluding carboxylic acids is 1. The molecule has 0 aliphatic carbocycles. The molecule has 1 heterocycles. The average Bonchev–Trinajstić information content (AvgIpc) is 2.40. The first-order valence-corrected chi connectivity index (χ1v) is 7.27. The fourth-order valence-corrected chi connectivity index (χ4v) is 2.81. The molecule has 92 valence electrons. The number of hydrogen-bond donors (Lipinski definition) is 0. The van der Waals surface area contributed by atoms with Crippen molar-refractivity contribution in [3.63, 3.8) is 0 Å². The molecule has 17 heavy (non-hydrogen) atoms. The molecule has 1 aliphatic rings. The van der Waals surface area contributed by atoms with E-state index in [1.165, 1.54) is 0 Å². The maximum atomic E-state index is 12.2. The van der Waals surface area contributed by atoms with Gasteiger partial charge in [0.25, 0.3) is 0 Å². The molecule has 2 rings (SSSR count). The van der Waals surface area contributed by atoms with Crippen LogP contribution in [0.2, 0.25) is 0 Å². The van der Waals surface area contributed by atoms with Crippen LogP contribution >= 0.6 is 11.8 Å². The molecule has 0 N–H and O–H groups in total. The third kappa shape index (κ3) is 3.33. The molecule has 0 spiro atoms. The van der Waals surface area contributed by atoms with Crippen molar-refractivity contribution in [1.29, 1.82) is 0 Å². The molecule has 1 aromatic rings. The smallest absolute Gasteiger partial charge is 0.164 e. The van der Waals surface area contributed by atoms with Gasteiger partial charge in [0.2, 0.25) is 0 Å². The molecule has 1 fully saturated rings. The predicted molar refractivity (Wildman–Crippen MR) is 70.7 cm³/mol. The largest absolute Gasteiger partial charge is 0.381 e. The summed E-state index contributed by atoms with van der Waals surface area (Å²) in [6, 6.07) is 7.88. The van der Waals surface area contributed by atoms with Crippen LogP contribution in [0.5, 0.6) is 0 Å². The molecule has 0 aromatic heterocycles. The highest BCUT2D eigenvalue weighted by atomic mass is 32.2. The topological polar surface area (TPSA) is 26.3 Å². The monoisotopic (exact) mass is 250 g/mol. The van der Waals surface area contributed by atoms with Gasteiger partial charge in [0.1, 0.15) is 0 Å². The predicted octanol–water partition coefficient (Wildman–Crippen LogP) is 3.41. The summed E-state index contributed by atoms with van der Waals surface area (Å²) in [6.07, 6.45) is 4.72. The van der Waals surface area contributed by atoms with E-state index in [0.717, 1.165) is 36.5 Å². The zero-order valence-corrected chi connectivity index (χ0v) is 11.0. The van der Waals surface area contributed by atoms with Gasteiger partial charge >= 0.3 is 0 Å². The molecular weight excluding hydrogens is 232 g/mol. The van der Waals surface area contributed by atoms with Crippen LogP contribution in [0.1, 0.15) is 29.6 Å². The Hall–Kier alpha value is -0.800. The number of Topliss-reactive ketones (excluding diaryl/α,β-unsaturated/α-hetero) is 1. The van der Waals surface area contributed by atoms with E-state index in [4.69, 9.17) is 4.74 Å². The number of benzene rings is 1. The van der Waals surface area contributed by atoms with Crippen molar-refractivity contribution in [3.8, 4) is 0 Å². The third-order valence-electron chi connectivity index (χ3n) is 3.22. The Morgan fingerprint density at radius 2 is 2.06 bits per heavy atom. The second-order valence-electron chi connectivity index (χ2n) is 4.38. The lowest BCUT2D eigenvalue weighted by atomic mass is 9.92.